The second-order valence-electron chi connectivity index (χ2n) is 3.68. The fraction of sp³-hybridized carbons (Fsp3) is 0.500. The Morgan fingerprint density at radius 3 is 2.59 bits per heavy atom. The molecule has 0 amide bonds. The molecule has 0 saturated heterocycles. The maximum absolute atomic E-state index is 13.3. The summed E-state index contributed by atoms with van der Waals surface area (Å²) in [5.74, 6) is -0.396. The van der Waals surface area contributed by atoms with Gasteiger partial charge in [-0.2, -0.15) is 0 Å². The normalized spacial score (nSPS) is 10.6. The van der Waals surface area contributed by atoms with E-state index in [1.165, 1.54) is 12.1 Å². The molecule has 0 spiro atoms. The van der Waals surface area contributed by atoms with Crippen molar-refractivity contribution >= 4 is 5.69 Å². The van der Waals surface area contributed by atoms with Crippen LogP contribution in [0.1, 0.15) is 5.56 Å². The maximum atomic E-state index is 13.3. The summed E-state index contributed by atoms with van der Waals surface area (Å²) in [4.78, 5) is 1.81. The van der Waals surface area contributed by atoms with E-state index in [0.29, 0.717) is 30.9 Å². The molecular formula is C12H18FNO3. The fourth-order valence-corrected chi connectivity index (χ4v) is 1.60. The van der Waals surface area contributed by atoms with Crippen molar-refractivity contribution in [1.29, 1.82) is 0 Å². The molecule has 0 heterocycles. The van der Waals surface area contributed by atoms with Gasteiger partial charge in [-0.1, -0.05) is 0 Å². The zero-order valence-corrected chi connectivity index (χ0v) is 9.90. The van der Waals surface area contributed by atoms with E-state index in [2.05, 4.69) is 0 Å². The molecular weight excluding hydrogens is 225 g/mol. The van der Waals surface area contributed by atoms with Crippen LogP contribution in [0.3, 0.4) is 0 Å². The number of methoxy groups -OCH3 is 1. The van der Waals surface area contributed by atoms with Crippen LogP contribution in [0.2, 0.25) is 0 Å². The number of hydrogen-bond donors (Lipinski definition) is 2. The summed E-state index contributed by atoms with van der Waals surface area (Å²) >= 11 is 0. The number of anilines is 1. The van der Waals surface area contributed by atoms with Crippen LogP contribution in [0.15, 0.2) is 18.2 Å². The summed E-state index contributed by atoms with van der Waals surface area (Å²) in [5.41, 5.74) is 1.15. The predicted molar refractivity (Wildman–Crippen MR) is 63.5 cm³/mol. The van der Waals surface area contributed by atoms with Crippen molar-refractivity contribution in [2.75, 3.05) is 38.3 Å². The minimum absolute atomic E-state index is 0.0192. The smallest absolute Gasteiger partial charge is 0.125 e. The van der Waals surface area contributed by atoms with Gasteiger partial charge < -0.3 is 19.8 Å². The Morgan fingerprint density at radius 1 is 1.24 bits per heavy atom. The number of rotatable bonds is 7. The van der Waals surface area contributed by atoms with E-state index in [1.807, 2.05) is 4.90 Å². The van der Waals surface area contributed by atoms with Gasteiger partial charge in [-0.05, 0) is 23.8 Å². The van der Waals surface area contributed by atoms with Crippen molar-refractivity contribution in [2.24, 2.45) is 0 Å². The number of aliphatic hydroxyl groups excluding tert-OH is 2. The van der Waals surface area contributed by atoms with Crippen molar-refractivity contribution in [2.45, 2.75) is 6.61 Å². The minimum Gasteiger partial charge on any atom is -0.395 e. The van der Waals surface area contributed by atoms with Gasteiger partial charge in [-0.25, -0.2) is 4.39 Å². The summed E-state index contributed by atoms with van der Waals surface area (Å²) in [6.07, 6.45) is 0. The van der Waals surface area contributed by atoms with Crippen LogP contribution >= 0.6 is 0 Å². The Kier molecular flexibility index (Phi) is 5.90. The lowest BCUT2D eigenvalue weighted by Crippen LogP contribution is -2.30. The molecule has 5 heteroatoms. The van der Waals surface area contributed by atoms with Gasteiger partial charge in [0.25, 0.3) is 0 Å². The third-order valence-electron chi connectivity index (χ3n) is 2.43. The number of hydrogen-bond acceptors (Lipinski definition) is 4. The first kappa shape index (κ1) is 13.9. The second kappa shape index (κ2) is 7.21. The van der Waals surface area contributed by atoms with Gasteiger partial charge in [0.15, 0.2) is 0 Å². The first-order valence-electron chi connectivity index (χ1n) is 5.46. The van der Waals surface area contributed by atoms with Gasteiger partial charge >= 0.3 is 0 Å². The molecule has 0 saturated carbocycles. The molecule has 1 rings (SSSR count). The van der Waals surface area contributed by atoms with E-state index < -0.39 is 5.82 Å². The molecule has 0 fully saturated rings. The third-order valence-corrected chi connectivity index (χ3v) is 2.43. The highest BCUT2D eigenvalue weighted by molar-refractivity contribution is 5.49. The van der Waals surface area contributed by atoms with Gasteiger partial charge in [-0.15, -0.1) is 0 Å². The van der Waals surface area contributed by atoms with Crippen LogP contribution in [0.25, 0.3) is 0 Å². The fourth-order valence-electron chi connectivity index (χ4n) is 1.60. The monoisotopic (exact) mass is 243 g/mol. The first-order chi connectivity index (χ1) is 8.21. The van der Waals surface area contributed by atoms with E-state index in [-0.39, 0.29) is 13.2 Å². The minimum atomic E-state index is -0.396. The Bertz CT molecular complexity index is 347. The molecule has 0 unspecified atom stereocenters. The van der Waals surface area contributed by atoms with Crippen LogP contribution in [0.5, 0.6) is 0 Å². The highest BCUT2D eigenvalue weighted by Crippen LogP contribution is 2.18. The van der Waals surface area contributed by atoms with Gasteiger partial charge in [0.1, 0.15) is 5.82 Å². The Hall–Kier alpha value is -1.17. The zero-order chi connectivity index (χ0) is 12.7. The SMILES string of the molecule is COCCN(CCO)c1cc(F)cc(CO)c1. The molecule has 0 aliphatic carbocycles. The predicted octanol–water partition coefficient (Wildman–Crippen LogP) is 0.763. The average Bonchev–Trinajstić information content (AvgIpc) is 2.33. The highest BCUT2D eigenvalue weighted by Gasteiger charge is 2.08. The van der Waals surface area contributed by atoms with Crippen molar-refractivity contribution in [1.82, 2.24) is 0 Å². The second-order valence-corrected chi connectivity index (χ2v) is 3.68. The molecule has 96 valence electrons. The van der Waals surface area contributed by atoms with Crippen LogP contribution in [-0.2, 0) is 11.3 Å². The summed E-state index contributed by atoms with van der Waals surface area (Å²) in [6.45, 7) is 1.23. The van der Waals surface area contributed by atoms with E-state index in [1.54, 1.807) is 13.2 Å². The Balaban J connectivity index is 2.87. The number of halogens is 1. The van der Waals surface area contributed by atoms with Gasteiger partial charge in [0.05, 0.1) is 19.8 Å². The lowest BCUT2D eigenvalue weighted by molar-refractivity contribution is 0.203. The lowest BCUT2D eigenvalue weighted by Gasteiger charge is -2.24. The van der Waals surface area contributed by atoms with E-state index in [0.717, 1.165) is 0 Å². The van der Waals surface area contributed by atoms with Gasteiger partial charge in [-0.3, -0.25) is 0 Å². The maximum Gasteiger partial charge on any atom is 0.125 e. The molecule has 0 bridgehead atoms. The largest absolute Gasteiger partial charge is 0.395 e. The standard InChI is InChI=1S/C12H18FNO3/c1-17-5-3-14(2-4-15)12-7-10(9-16)6-11(13)8-12/h6-8,15-16H,2-5,9H2,1H3. The van der Waals surface area contributed by atoms with Crippen LogP contribution in [-0.4, -0.2) is 43.6 Å². The Labute approximate surface area is 100 Å². The lowest BCUT2D eigenvalue weighted by atomic mass is 10.2. The molecule has 4 nitrogen and oxygen atoms in total. The first-order valence-corrected chi connectivity index (χ1v) is 5.46. The molecule has 2 N–H and O–H groups in total. The third kappa shape index (κ3) is 4.30. The highest BCUT2D eigenvalue weighted by atomic mass is 19.1. The molecule has 17 heavy (non-hydrogen) atoms. The quantitative estimate of drug-likeness (QED) is 0.742. The van der Waals surface area contributed by atoms with E-state index in [9.17, 15) is 4.39 Å². The molecule has 0 aliphatic rings. The summed E-state index contributed by atoms with van der Waals surface area (Å²) in [7, 11) is 1.59. The average molecular weight is 243 g/mol. The van der Waals surface area contributed by atoms with Crippen molar-refractivity contribution < 1.29 is 19.3 Å². The number of nitrogens with zero attached hydrogens (tertiary/aromatic N) is 1. The van der Waals surface area contributed by atoms with E-state index in [4.69, 9.17) is 14.9 Å². The molecule has 0 radical (unpaired) electrons. The molecule has 0 aliphatic heterocycles. The molecule has 0 atom stereocenters. The summed E-state index contributed by atoms with van der Waals surface area (Å²) in [6, 6.07) is 4.37. The van der Waals surface area contributed by atoms with Crippen LogP contribution in [0, 0.1) is 5.82 Å². The topological polar surface area (TPSA) is 52.9 Å². The van der Waals surface area contributed by atoms with Crippen molar-refractivity contribution in [3.8, 4) is 0 Å². The van der Waals surface area contributed by atoms with E-state index >= 15 is 0 Å². The molecule has 1 aromatic carbocycles. The van der Waals surface area contributed by atoms with Gasteiger partial charge in [0.2, 0.25) is 0 Å². The molecule has 0 aromatic heterocycles. The van der Waals surface area contributed by atoms with Gasteiger partial charge in [0, 0.05) is 25.9 Å². The number of aliphatic hydroxyl groups is 2. The number of ether oxygens (including phenoxy) is 1. The van der Waals surface area contributed by atoms with Crippen LogP contribution in [0.4, 0.5) is 10.1 Å². The van der Waals surface area contributed by atoms with Crippen molar-refractivity contribution in [3.05, 3.63) is 29.6 Å². The van der Waals surface area contributed by atoms with Crippen LogP contribution < -0.4 is 4.90 Å². The van der Waals surface area contributed by atoms with Crippen molar-refractivity contribution in [3.63, 3.8) is 0 Å². The zero-order valence-electron chi connectivity index (χ0n) is 9.90. The number of benzene rings is 1. The molecule has 1 aromatic rings. The Morgan fingerprint density at radius 2 is 2.00 bits per heavy atom. The summed E-state index contributed by atoms with van der Waals surface area (Å²) < 4.78 is 18.3. The summed E-state index contributed by atoms with van der Waals surface area (Å²) in [5, 5.41) is 18.0.